The molecule has 0 aromatic heterocycles. The highest BCUT2D eigenvalue weighted by molar-refractivity contribution is 14.1. The first-order chi connectivity index (χ1) is 21.2. The molecule has 1 N–H and O–H groups in total. The maximum absolute atomic E-state index is 14.4. The van der Waals surface area contributed by atoms with E-state index in [-0.39, 0.29) is 23.8 Å². The number of anilines is 1. The molecule has 0 aliphatic rings. The molecule has 0 fully saturated rings. The summed E-state index contributed by atoms with van der Waals surface area (Å²) in [5, 5.41) is 2.96. The van der Waals surface area contributed by atoms with Crippen LogP contribution in [0, 0.1) is 9.39 Å². The predicted octanol–water partition coefficient (Wildman–Crippen LogP) is 6.18. The summed E-state index contributed by atoms with van der Waals surface area (Å²) in [6, 6.07) is 28.9. The van der Waals surface area contributed by atoms with E-state index in [0.717, 1.165) is 26.3 Å². The Morgan fingerprint density at radius 2 is 1.45 bits per heavy atom. The van der Waals surface area contributed by atoms with Gasteiger partial charge >= 0.3 is 0 Å². The lowest BCUT2D eigenvalue weighted by Gasteiger charge is -2.34. The summed E-state index contributed by atoms with van der Waals surface area (Å²) in [4.78, 5) is 29.5. The first-order valence-corrected chi connectivity index (χ1v) is 16.9. The minimum absolute atomic E-state index is 0.0241. The van der Waals surface area contributed by atoms with Gasteiger partial charge in [-0.2, -0.15) is 0 Å². The summed E-state index contributed by atoms with van der Waals surface area (Å²) in [6.07, 6.45) is 1.86. The van der Waals surface area contributed by atoms with E-state index in [4.69, 9.17) is 0 Å². The molecule has 1 unspecified atom stereocenters. The molecule has 0 aliphatic heterocycles. The molecule has 0 saturated carbocycles. The van der Waals surface area contributed by atoms with Crippen molar-refractivity contribution < 1.29 is 22.4 Å². The number of sulfonamides is 1. The average molecular weight is 728 g/mol. The van der Waals surface area contributed by atoms with E-state index in [1.54, 1.807) is 54.6 Å². The van der Waals surface area contributed by atoms with Crippen molar-refractivity contribution in [3.8, 4) is 0 Å². The smallest absolute Gasteiger partial charge is 0.264 e. The van der Waals surface area contributed by atoms with E-state index in [2.05, 4.69) is 27.9 Å². The highest BCUT2D eigenvalue weighted by atomic mass is 127. The second kappa shape index (κ2) is 15.8. The first kappa shape index (κ1) is 33.1. The maximum Gasteiger partial charge on any atom is 0.264 e. The Bertz CT molecular complexity index is 1620. The monoisotopic (exact) mass is 727 g/mol. The fourth-order valence-electron chi connectivity index (χ4n) is 4.70. The summed E-state index contributed by atoms with van der Waals surface area (Å²) in [6.45, 7) is 1.89. The number of benzene rings is 4. The second-order valence-electron chi connectivity index (χ2n) is 10.3. The van der Waals surface area contributed by atoms with Gasteiger partial charge in [-0.15, -0.1) is 0 Å². The zero-order valence-corrected chi connectivity index (χ0v) is 27.4. The Balaban J connectivity index is 1.77. The molecule has 4 aromatic carbocycles. The standard InChI is InChI=1S/C34H35FIN3O4S/c1-2-3-22-37-34(41)32(23-26-10-6-4-7-11-26)38(24-27-14-16-28(35)17-15-27)33(40)25-39(30-20-18-29(36)19-21-30)44(42,43)31-12-8-5-9-13-31/h4-21,32H,2-3,22-25H2,1H3,(H,37,41). The summed E-state index contributed by atoms with van der Waals surface area (Å²) in [7, 11) is -4.16. The highest BCUT2D eigenvalue weighted by Crippen LogP contribution is 2.26. The molecule has 230 valence electrons. The molecule has 1 atom stereocenters. The number of carbonyl (C=O) groups is 2. The number of unbranched alkanes of at least 4 members (excludes halogenated alkanes) is 1. The molecule has 0 saturated heterocycles. The van der Waals surface area contributed by atoms with Gasteiger partial charge in [-0.3, -0.25) is 13.9 Å². The summed E-state index contributed by atoms with van der Waals surface area (Å²) in [5.41, 5.74) is 1.76. The zero-order valence-electron chi connectivity index (χ0n) is 24.4. The van der Waals surface area contributed by atoms with Crippen LogP contribution in [-0.4, -0.2) is 44.3 Å². The van der Waals surface area contributed by atoms with Crippen LogP contribution in [0.2, 0.25) is 0 Å². The molecule has 2 amide bonds. The van der Waals surface area contributed by atoms with E-state index in [9.17, 15) is 22.4 Å². The summed E-state index contributed by atoms with van der Waals surface area (Å²) in [5.74, 6) is -1.34. The third kappa shape index (κ3) is 8.88. The van der Waals surface area contributed by atoms with E-state index >= 15 is 0 Å². The minimum Gasteiger partial charge on any atom is -0.354 e. The second-order valence-corrected chi connectivity index (χ2v) is 13.4. The average Bonchev–Trinajstić information content (AvgIpc) is 3.03. The lowest BCUT2D eigenvalue weighted by atomic mass is 10.0. The van der Waals surface area contributed by atoms with Gasteiger partial charge in [0.2, 0.25) is 11.8 Å². The van der Waals surface area contributed by atoms with Crippen LogP contribution < -0.4 is 9.62 Å². The molecule has 0 heterocycles. The molecular weight excluding hydrogens is 692 g/mol. The summed E-state index contributed by atoms with van der Waals surface area (Å²) < 4.78 is 43.7. The SMILES string of the molecule is CCCCNC(=O)C(Cc1ccccc1)N(Cc1ccc(F)cc1)C(=O)CN(c1ccc(I)cc1)S(=O)(=O)c1ccccc1. The number of nitrogens with one attached hydrogen (secondary N) is 1. The molecule has 0 bridgehead atoms. The first-order valence-electron chi connectivity index (χ1n) is 14.4. The molecular formula is C34H35FIN3O4S. The van der Waals surface area contributed by atoms with Gasteiger partial charge in [-0.1, -0.05) is 74.0 Å². The largest absolute Gasteiger partial charge is 0.354 e. The van der Waals surface area contributed by atoms with Crippen LogP contribution in [-0.2, 0) is 32.6 Å². The molecule has 10 heteroatoms. The quantitative estimate of drug-likeness (QED) is 0.124. The van der Waals surface area contributed by atoms with Gasteiger partial charge in [-0.05, 0) is 88.7 Å². The molecule has 0 spiro atoms. The van der Waals surface area contributed by atoms with E-state index < -0.39 is 34.3 Å². The zero-order chi connectivity index (χ0) is 31.5. The Hall–Kier alpha value is -3.77. The molecule has 0 radical (unpaired) electrons. The van der Waals surface area contributed by atoms with Crippen LogP contribution in [0.4, 0.5) is 10.1 Å². The topological polar surface area (TPSA) is 86.8 Å². The highest BCUT2D eigenvalue weighted by Gasteiger charge is 2.34. The van der Waals surface area contributed by atoms with Crippen molar-refractivity contribution in [2.75, 3.05) is 17.4 Å². The molecule has 7 nitrogen and oxygen atoms in total. The van der Waals surface area contributed by atoms with Gasteiger partial charge in [0.1, 0.15) is 18.4 Å². The van der Waals surface area contributed by atoms with Crippen molar-refractivity contribution in [1.29, 1.82) is 0 Å². The molecule has 4 aromatic rings. The Morgan fingerprint density at radius 3 is 2.07 bits per heavy atom. The Kier molecular flexibility index (Phi) is 11.9. The van der Waals surface area contributed by atoms with Gasteiger partial charge in [0.05, 0.1) is 10.6 Å². The van der Waals surface area contributed by atoms with Crippen LogP contribution in [0.15, 0.2) is 114 Å². The van der Waals surface area contributed by atoms with Crippen LogP contribution in [0.1, 0.15) is 30.9 Å². The fourth-order valence-corrected chi connectivity index (χ4v) is 6.50. The third-order valence-electron chi connectivity index (χ3n) is 7.09. The van der Waals surface area contributed by atoms with Gasteiger partial charge < -0.3 is 10.2 Å². The Morgan fingerprint density at radius 1 is 0.841 bits per heavy atom. The lowest BCUT2D eigenvalue weighted by molar-refractivity contribution is -0.140. The van der Waals surface area contributed by atoms with Crippen LogP contribution >= 0.6 is 22.6 Å². The minimum atomic E-state index is -4.16. The number of nitrogens with zero attached hydrogens (tertiary/aromatic N) is 2. The predicted molar refractivity (Wildman–Crippen MR) is 179 cm³/mol. The van der Waals surface area contributed by atoms with Crippen LogP contribution in [0.3, 0.4) is 0 Å². The van der Waals surface area contributed by atoms with E-state index in [1.165, 1.54) is 29.2 Å². The van der Waals surface area contributed by atoms with E-state index in [0.29, 0.717) is 17.8 Å². The van der Waals surface area contributed by atoms with Crippen molar-refractivity contribution in [1.82, 2.24) is 10.2 Å². The molecule has 4 rings (SSSR count). The number of hydrogen-bond donors (Lipinski definition) is 1. The van der Waals surface area contributed by atoms with Gasteiger partial charge in [-0.25, -0.2) is 12.8 Å². The normalized spacial score (nSPS) is 11.9. The number of amides is 2. The van der Waals surface area contributed by atoms with Gasteiger partial charge in [0.25, 0.3) is 10.0 Å². The number of halogens is 2. The summed E-state index contributed by atoms with van der Waals surface area (Å²) >= 11 is 2.13. The number of rotatable bonds is 14. The van der Waals surface area contributed by atoms with Crippen LogP contribution in [0.25, 0.3) is 0 Å². The van der Waals surface area contributed by atoms with Crippen molar-refractivity contribution in [2.24, 2.45) is 0 Å². The lowest BCUT2D eigenvalue weighted by Crippen LogP contribution is -2.53. The third-order valence-corrected chi connectivity index (χ3v) is 9.60. The van der Waals surface area contributed by atoms with Crippen molar-refractivity contribution in [3.05, 3.63) is 130 Å². The van der Waals surface area contributed by atoms with Crippen molar-refractivity contribution in [2.45, 2.75) is 43.7 Å². The van der Waals surface area contributed by atoms with Gasteiger partial charge in [0, 0.05) is 23.1 Å². The van der Waals surface area contributed by atoms with Crippen molar-refractivity contribution >= 4 is 50.1 Å². The molecule has 44 heavy (non-hydrogen) atoms. The van der Waals surface area contributed by atoms with Crippen molar-refractivity contribution in [3.63, 3.8) is 0 Å². The Labute approximate surface area is 272 Å². The van der Waals surface area contributed by atoms with E-state index in [1.807, 2.05) is 37.3 Å². The fraction of sp³-hybridized carbons (Fsp3) is 0.235. The van der Waals surface area contributed by atoms with Crippen LogP contribution in [0.5, 0.6) is 0 Å². The van der Waals surface area contributed by atoms with Gasteiger partial charge in [0.15, 0.2) is 0 Å². The number of hydrogen-bond acceptors (Lipinski definition) is 4. The maximum atomic E-state index is 14.4. The number of carbonyl (C=O) groups excluding carboxylic acids is 2. The molecule has 0 aliphatic carbocycles.